The topological polar surface area (TPSA) is 83.4 Å². The van der Waals surface area contributed by atoms with Gasteiger partial charge in [-0.05, 0) is 19.3 Å². The van der Waals surface area contributed by atoms with E-state index in [4.69, 9.17) is 16.7 Å². The monoisotopic (exact) mass is 269 g/mol. The summed E-state index contributed by atoms with van der Waals surface area (Å²) in [5, 5.41) is 9.22. The van der Waals surface area contributed by atoms with E-state index in [1.807, 2.05) is 0 Å². The maximum Gasteiger partial charge on any atom is 0.326 e. The summed E-state index contributed by atoms with van der Waals surface area (Å²) in [5.74, 6) is -1.42. The van der Waals surface area contributed by atoms with Gasteiger partial charge in [0.2, 0.25) is 0 Å². The molecule has 1 amide bonds. The predicted octanol–water partition coefficient (Wildman–Crippen LogP) is 1.21. The molecule has 1 fully saturated rings. The van der Waals surface area contributed by atoms with Crippen molar-refractivity contribution in [2.24, 2.45) is 0 Å². The van der Waals surface area contributed by atoms with Gasteiger partial charge in [0.25, 0.3) is 5.91 Å². The fourth-order valence-electron chi connectivity index (χ4n) is 2.02. The zero-order chi connectivity index (χ0) is 13.1. The quantitative estimate of drug-likeness (QED) is 0.872. The van der Waals surface area contributed by atoms with Crippen LogP contribution in [-0.2, 0) is 4.79 Å². The largest absolute Gasteiger partial charge is 0.480 e. The van der Waals surface area contributed by atoms with Gasteiger partial charge in [-0.25, -0.2) is 9.78 Å². The van der Waals surface area contributed by atoms with Crippen molar-refractivity contribution in [3.05, 3.63) is 23.2 Å². The second kappa shape index (κ2) is 5.30. The molecular formula is C11H12ClN3O3. The van der Waals surface area contributed by atoms with Crippen molar-refractivity contribution in [2.45, 2.75) is 25.3 Å². The lowest BCUT2D eigenvalue weighted by Gasteiger charge is -2.32. The number of amides is 1. The normalized spacial score (nSPS) is 19.6. The Labute approximate surface area is 109 Å². The van der Waals surface area contributed by atoms with Crippen LogP contribution in [0.5, 0.6) is 0 Å². The zero-order valence-electron chi connectivity index (χ0n) is 9.54. The van der Waals surface area contributed by atoms with E-state index in [1.54, 1.807) is 0 Å². The summed E-state index contributed by atoms with van der Waals surface area (Å²) in [6.07, 6.45) is 4.69. The van der Waals surface area contributed by atoms with Crippen molar-refractivity contribution in [3.8, 4) is 0 Å². The van der Waals surface area contributed by atoms with Crippen LogP contribution in [0.3, 0.4) is 0 Å². The van der Waals surface area contributed by atoms with Crippen LogP contribution in [0, 0.1) is 0 Å². The molecule has 96 valence electrons. The number of carbonyl (C=O) groups excluding carboxylic acids is 1. The standard InChI is InChI=1S/C11H12ClN3O3/c12-9-6-13-5-7(14-9)10(16)15-4-2-1-3-8(15)11(17)18/h5-6,8H,1-4H2,(H,17,18)/t8-/m1/s1. The number of aliphatic carboxylic acids is 1. The summed E-state index contributed by atoms with van der Waals surface area (Å²) in [7, 11) is 0. The first kappa shape index (κ1) is 12.8. The summed E-state index contributed by atoms with van der Waals surface area (Å²) in [5.41, 5.74) is 0.0793. The fourth-order valence-corrected chi connectivity index (χ4v) is 2.17. The minimum atomic E-state index is -0.988. The molecule has 0 aromatic carbocycles. The third-order valence-corrected chi connectivity index (χ3v) is 3.06. The number of piperidine rings is 1. The Morgan fingerprint density at radius 2 is 2.17 bits per heavy atom. The van der Waals surface area contributed by atoms with E-state index in [0.29, 0.717) is 13.0 Å². The van der Waals surface area contributed by atoms with Crippen molar-refractivity contribution in [1.82, 2.24) is 14.9 Å². The number of likely N-dealkylation sites (tertiary alicyclic amines) is 1. The molecule has 1 aromatic rings. The van der Waals surface area contributed by atoms with Gasteiger partial charge in [-0.1, -0.05) is 11.6 Å². The maximum atomic E-state index is 12.2. The van der Waals surface area contributed by atoms with Crippen LogP contribution < -0.4 is 0 Å². The molecule has 1 atom stereocenters. The Morgan fingerprint density at radius 3 is 2.83 bits per heavy atom. The minimum Gasteiger partial charge on any atom is -0.480 e. The SMILES string of the molecule is O=C(O)[C@H]1CCCCN1C(=O)c1cncc(Cl)n1. The van der Waals surface area contributed by atoms with E-state index >= 15 is 0 Å². The van der Waals surface area contributed by atoms with Crippen molar-refractivity contribution >= 4 is 23.5 Å². The van der Waals surface area contributed by atoms with E-state index < -0.39 is 17.9 Å². The van der Waals surface area contributed by atoms with Gasteiger partial charge in [0.1, 0.15) is 16.9 Å². The molecule has 1 saturated heterocycles. The summed E-state index contributed by atoms with van der Waals surface area (Å²) in [6.45, 7) is 0.421. The summed E-state index contributed by atoms with van der Waals surface area (Å²) in [6, 6.07) is -0.785. The Hall–Kier alpha value is -1.69. The van der Waals surface area contributed by atoms with Gasteiger partial charge >= 0.3 is 5.97 Å². The Morgan fingerprint density at radius 1 is 1.39 bits per heavy atom. The van der Waals surface area contributed by atoms with Gasteiger partial charge in [0, 0.05) is 6.54 Å². The molecule has 2 heterocycles. The van der Waals surface area contributed by atoms with Gasteiger partial charge in [-0.2, -0.15) is 0 Å². The summed E-state index contributed by atoms with van der Waals surface area (Å²) >= 11 is 5.67. The second-order valence-corrected chi connectivity index (χ2v) is 4.46. The van der Waals surface area contributed by atoms with Crippen molar-refractivity contribution in [1.29, 1.82) is 0 Å². The van der Waals surface area contributed by atoms with Gasteiger partial charge in [0.05, 0.1) is 12.4 Å². The number of rotatable bonds is 2. The molecule has 0 radical (unpaired) electrons. The molecule has 1 aliphatic heterocycles. The Kier molecular flexibility index (Phi) is 3.76. The molecule has 6 nitrogen and oxygen atoms in total. The smallest absolute Gasteiger partial charge is 0.326 e. The van der Waals surface area contributed by atoms with Crippen LogP contribution >= 0.6 is 11.6 Å². The number of hydrogen-bond donors (Lipinski definition) is 1. The molecule has 0 aliphatic carbocycles. The molecular weight excluding hydrogens is 258 g/mol. The number of nitrogens with zero attached hydrogens (tertiary/aromatic N) is 3. The van der Waals surface area contributed by atoms with Crippen LogP contribution in [0.15, 0.2) is 12.4 Å². The number of carbonyl (C=O) groups is 2. The minimum absolute atomic E-state index is 0.0793. The van der Waals surface area contributed by atoms with E-state index in [1.165, 1.54) is 17.3 Å². The number of halogens is 1. The molecule has 1 N–H and O–H groups in total. The molecule has 7 heteroatoms. The van der Waals surface area contributed by atoms with Gasteiger partial charge in [-0.15, -0.1) is 0 Å². The van der Waals surface area contributed by atoms with E-state index in [0.717, 1.165) is 12.8 Å². The van der Waals surface area contributed by atoms with Crippen molar-refractivity contribution < 1.29 is 14.7 Å². The van der Waals surface area contributed by atoms with Gasteiger partial charge < -0.3 is 10.0 Å². The molecule has 0 unspecified atom stereocenters. The highest BCUT2D eigenvalue weighted by molar-refractivity contribution is 6.29. The van der Waals surface area contributed by atoms with Crippen LogP contribution in [0.4, 0.5) is 0 Å². The van der Waals surface area contributed by atoms with Gasteiger partial charge in [-0.3, -0.25) is 9.78 Å². The molecule has 0 bridgehead atoms. The lowest BCUT2D eigenvalue weighted by atomic mass is 10.0. The lowest BCUT2D eigenvalue weighted by Crippen LogP contribution is -2.48. The third kappa shape index (κ3) is 2.59. The molecule has 0 saturated carbocycles. The van der Waals surface area contributed by atoms with Crippen LogP contribution in [0.25, 0.3) is 0 Å². The molecule has 18 heavy (non-hydrogen) atoms. The van der Waals surface area contributed by atoms with E-state index in [-0.39, 0.29) is 10.8 Å². The van der Waals surface area contributed by atoms with Crippen LogP contribution in [0.2, 0.25) is 5.15 Å². The number of hydrogen-bond acceptors (Lipinski definition) is 4. The molecule has 2 rings (SSSR count). The highest BCUT2D eigenvalue weighted by Crippen LogP contribution is 2.19. The summed E-state index contributed by atoms with van der Waals surface area (Å²) in [4.78, 5) is 32.2. The molecule has 0 spiro atoms. The highest BCUT2D eigenvalue weighted by atomic mass is 35.5. The third-order valence-electron chi connectivity index (χ3n) is 2.87. The molecule has 1 aromatic heterocycles. The second-order valence-electron chi connectivity index (χ2n) is 4.08. The summed E-state index contributed by atoms with van der Waals surface area (Å²) < 4.78 is 0. The van der Waals surface area contributed by atoms with Crippen molar-refractivity contribution in [3.63, 3.8) is 0 Å². The maximum absolute atomic E-state index is 12.2. The van der Waals surface area contributed by atoms with Crippen molar-refractivity contribution in [2.75, 3.05) is 6.54 Å². The fraction of sp³-hybridized carbons (Fsp3) is 0.455. The average molecular weight is 270 g/mol. The van der Waals surface area contributed by atoms with E-state index in [9.17, 15) is 9.59 Å². The first-order chi connectivity index (χ1) is 8.59. The zero-order valence-corrected chi connectivity index (χ0v) is 10.3. The average Bonchev–Trinajstić information content (AvgIpc) is 2.38. The van der Waals surface area contributed by atoms with E-state index in [2.05, 4.69) is 9.97 Å². The Bertz CT molecular complexity index is 480. The predicted molar refractivity (Wildman–Crippen MR) is 63.4 cm³/mol. The first-order valence-electron chi connectivity index (χ1n) is 5.61. The number of carboxylic acids is 1. The van der Waals surface area contributed by atoms with Crippen LogP contribution in [0.1, 0.15) is 29.8 Å². The first-order valence-corrected chi connectivity index (χ1v) is 5.98. The number of carboxylic acid groups (broad SMARTS) is 1. The lowest BCUT2D eigenvalue weighted by molar-refractivity contribution is -0.143. The van der Waals surface area contributed by atoms with Crippen LogP contribution in [-0.4, -0.2) is 44.4 Å². The molecule has 1 aliphatic rings. The van der Waals surface area contributed by atoms with Gasteiger partial charge in [0.15, 0.2) is 0 Å². The number of aromatic nitrogens is 2. The highest BCUT2D eigenvalue weighted by Gasteiger charge is 2.33. The Balaban J connectivity index is 2.23.